The molecular formula is C24H34O5S. The lowest BCUT2D eigenvalue weighted by atomic mass is 10.0. The molecule has 0 aliphatic heterocycles. The molecular weight excluding hydrogens is 400 g/mol. The van der Waals surface area contributed by atoms with Gasteiger partial charge in [-0.25, -0.2) is 0 Å². The molecule has 0 heterocycles. The average Bonchev–Trinajstić information content (AvgIpc) is 2.71. The minimum absolute atomic E-state index is 0.000600. The van der Waals surface area contributed by atoms with E-state index in [0.717, 1.165) is 19.3 Å². The Bertz CT molecular complexity index is 863. The summed E-state index contributed by atoms with van der Waals surface area (Å²) in [6.07, 6.45) is 12.3. The van der Waals surface area contributed by atoms with Crippen LogP contribution in [0.15, 0.2) is 47.4 Å². The Kier molecular flexibility index (Phi) is 10.2. The van der Waals surface area contributed by atoms with Gasteiger partial charge in [0.1, 0.15) is 10.6 Å². The second-order valence-electron chi connectivity index (χ2n) is 7.72. The molecule has 0 spiro atoms. The molecule has 6 heteroatoms. The van der Waals surface area contributed by atoms with Gasteiger partial charge < -0.3 is 9.84 Å². The molecule has 30 heavy (non-hydrogen) atoms. The predicted molar refractivity (Wildman–Crippen MR) is 120 cm³/mol. The molecule has 0 saturated heterocycles. The summed E-state index contributed by atoms with van der Waals surface area (Å²) in [6.45, 7) is 2.22. The number of hydrogen-bond donors (Lipinski definition) is 2. The number of aromatic hydroxyl groups is 1. The Morgan fingerprint density at radius 1 is 0.800 bits per heavy atom. The van der Waals surface area contributed by atoms with Crippen LogP contribution in [0.5, 0.6) is 17.2 Å². The molecule has 0 aliphatic rings. The van der Waals surface area contributed by atoms with Crippen LogP contribution in [0.3, 0.4) is 0 Å². The summed E-state index contributed by atoms with van der Waals surface area (Å²) >= 11 is 0. The zero-order valence-electron chi connectivity index (χ0n) is 17.8. The van der Waals surface area contributed by atoms with Crippen LogP contribution in [0, 0.1) is 0 Å². The monoisotopic (exact) mass is 434 g/mol. The van der Waals surface area contributed by atoms with Gasteiger partial charge in [-0.1, -0.05) is 89.0 Å². The molecule has 0 aromatic heterocycles. The summed E-state index contributed by atoms with van der Waals surface area (Å²) in [7, 11) is -4.57. The molecule has 0 aliphatic carbocycles. The largest absolute Gasteiger partial charge is 0.503 e. The Morgan fingerprint density at radius 2 is 1.37 bits per heavy atom. The van der Waals surface area contributed by atoms with E-state index < -0.39 is 20.8 Å². The summed E-state index contributed by atoms with van der Waals surface area (Å²) in [6, 6.07) is 11.9. The molecule has 2 aromatic rings. The lowest BCUT2D eigenvalue weighted by Crippen LogP contribution is -2.05. The number of ether oxygens (including phenoxy) is 1. The molecule has 2 aromatic carbocycles. The molecule has 0 amide bonds. The van der Waals surface area contributed by atoms with Crippen LogP contribution in [0.25, 0.3) is 0 Å². The van der Waals surface area contributed by atoms with Crippen molar-refractivity contribution < 1.29 is 22.8 Å². The Morgan fingerprint density at radius 3 is 1.93 bits per heavy atom. The van der Waals surface area contributed by atoms with Gasteiger partial charge in [-0.05, 0) is 36.6 Å². The summed E-state index contributed by atoms with van der Waals surface area (Å²) in [5, 5.41) is 10.5. The van der Waals surface area contributed by atoms with Gasteiger partial charge >= 0.3 is 0 Å². The van der Waals surface area contributed by atoms with Crippen molar-refractivity contribution in [3.05, 3.63) is 48.0 Å². The first-order valence-electron chi connectivity index (χ1n) is 11.0. The van der Waals surface area contributed by atoms with Crippen molar-refractivity contribution in [3.8, 4) is 17.2 Å². The second kappa shape index (κ2) is 12.6. The van der Waals surface area contributed by atoms with Crippen molar-refractivity contribution in [1.82, 2.24) is 0 Å². The smallest absolute Gasteiger partial charge is 0.298 e. The molecule has 0 saturated carbocycles. The molecule has 5 nitrogen and oxygen atoms in total. The number of benzene rings is 2. The molecule has 0 atom stereocenters. The summed E-state index contributed by atoms with van der Waals surface area (Å²) in [5.41, 5.74) is 0.412. The van der Waals surface area contributed by atoms with Crippen molar-refractivity contribution in [2.24, 2.45) is 0 Å². The van der Waals surface area contributed by atoms with Crippen LogP contribution in [0.1, 0.15) is 76.7 Å². The normalized spacial score (nSPS) is 11.5. The van der Waals surface area contributed by atoms with E-state index in [4.69, 9.17) is 4.74 Å². The van der Waals surface area contributed by atoms with Crippen LogP contribution in [0.4, 0.5) is 0 Å². The van der Waals surface area contributed by atoms with Crippen molar-refractivity contribution in [3.63, 3.8) is 0 Å². The van der Waals surface area contributed by atoms with Crippen molar-refractivity contribution in [2.45, 2.75) is 82.4 Å². The highest BCUT2D eigenvalue weighted by molar-refractivity contribution is 7.86. The molecule has 2 rings (SSSR count). The lowest BCUT2D eigenvalue weighted by molar-refractivity contribution is 0.394. The molecule has 0 unspecified atom stereocenters. The predicted octanol–water partition coefficient (Wildman–Crippen LogP) is 6.89. The van der Waals surface area contributed by atoms with Gasteiger partial charge in [0.15, 0.2) is 11.5 Å². The fourth-order valence-electron chi connectivity index (χ4n) is 3.58. The number of phenols is 1. The van der Waals surface area contributed by atoms with Gasteiger partial charge in [-0.15, -0.1) is 0 Å². The average molecular weight is 435 g/mol. The highest BCUT2D eigenvalue weighted by atomic mass is 32.2. The molecule has 0 radical (unpaired) electrons. The van der Waals surface area contributed by atoms with E-state index in [1.165, 1.54) is 44.9 Å². The summed E-state index contributed by atoms with van der Waals surface area (Å²) < 4.78 is 39.0. The number of unbranched alkanes of at least 4 members (excludes halogenated alkanes) is 9. The van der Waals surface area contributed by atoms with Crippen molar-refractivity contribution in [2.75, 3.05) is 0 Å². The zero-order valence-corrected chi connectivity index (χ0v) is 18.7. The highest BCUT2D eigenvalue weighted by Gasteiger charge is 2.24. The van der Waals surface area contributed by atoms with Crippen molar-refractivity contribution >= 4 is 10.1 Å². The third kappa shape index (κ3) is 8.00. The van der Waals surface area contributed by atoms with Gasteiger partial charge in [0.25, 0.3) is 10.1 Å². The van der Waals surface area contributed by atoms with Crippen LogP contribution in [0.2, 0.25) is 0 Å². The summed E-state index contributed by atoms with van der Waals surface area (Å²) in [5.74, 6) is -0.0805. The Balaban J connectivity index is 1.90. The molecule has 166 valence electrons. The van der Waals surface area contributed by atoms with E-state index in [1.54, 1.807) is 36.4 Å². The fraction of sp³-hybridized carbons (Fsp3) is 0.500. The molecule has 2 N–H and O–H groups in total. The van der Waals surface area contributed by atoms with Crippen LogP contribution >= 0.6 is 0 Å². The maximum atomic E-state index is 11.9. The SMILES string of the molecule is CCCCCCCCCCCCc1ccc(Oc2ccccc2)c(O)c1S(=O)(=O)O. The Hall–Kier alpha value is -2.05. The quantitative estimate of drug-likeness (QED) is 0.250. The maximum Gasteiger partial charge on any atom is 0.298 e. The third-order valence-corrected chi connectivity index (χ3v) is 6.18. The van der Waals surface area contributed by atoms with Crippen LogP contribution in [-0.4, -0.2) is 18.1 Å². The van der Waals surface area contributed by atoms with Gasteiger partial charge in [-0.2, -0.15) is 8.42 Å². The summed E-state index contributed by atoms with van der Waals surface area (Å²) in [4.78, 5) is -0.452. The van der Waals surface area contributed by atoms with E-state index in [1.807, 2.05) is 6.07 Å². The molecule has 0 fully saturated rings. The van der Waals surface area contributed by atoms with Gasteiger partial charge in [-0.3, -0.25) is 4.55 Å². The number of rotatable bonds is 14. The molecule has 0 bridgehead atoms. The van der Waals surface area contributed by atoms with E-state index >= 15 is 0 Å². The standard InChI is InChI=1S/C24H34O5S/c1-2-3-4-5-6-7-8-9-10-12-15-20-18-19-22(23(25)24(20)30(26,27)28)29-21-16-13-11-14-17-21/h11,13-14,16-19,25H,2-10,12,15H2,1H3,(H,26,27,28). The second-order valence-corrected chi connectivity index (χ2v) is 9.08. The van der Waals surface area contributed by atoms with Crippen LogP contribution < -0.4 is 4.74 Å². The number of para-hydroxylation sites is 1. The Labute approximate surface area is 180 Å². The van der Waals surface area contributed by atoms with Gasteiger partial charge in [0, 0.05) is 0 Å². The topological polar surface area (TPSA) is 83.8 Å². The third-order valence-electron chi connectivity index (χ3n) is 5.20. The zero-order chi connectivity index (χ0) is 21.8. The first-order chi connectivity index (χ1) is 14.4. The maximum absolute atomic E-state index is 11.9. The van der Waals surface area contributed by atoms with E-state index in [0.29, 0.717) is 17.7 Å². The van der Waals surface area contributed by atoms with E-state index in [-0.39, 0.29) is 5.75 Å². The number of phenolic OH excluding ortho intramolecular Hbond substituents is 1. The first-order valence-corrected chi connectivity index (χ1v) is 12.4. The first kappa shape index (κ1) is 24.2. The van der Waals surface area contributed by atoms with E-state index in [9.17, 15) is 18.1 Å². The van der Waals surface area contributed by atoms with Gasteiger partial charge in [0.2, 0.25) is 0 Å². The highest BCUT2D eigenvalue weighted by Crippen LogP contribution is 2.38. The lowest BCUT2D eigenvalue weighted by Gasteiger charge is -2.14. The number of aryl methyl sites for hydroxylation is 1. The minimum atomic E-state index is -4.57. The fourth-order valence-corrected chi connectivity index (χ4v) is 4.43. The van der Waals surface area contributed by atoms with Gasteiger partial charge in [0.05, 0.1) is 0 Å². The van der Waals surface area contributed by atoms with Crippen molar-refractivity contribution in [1.29, 1.82) is 0 Å². The van der Waals surface area contributed by atoms with Crippen LogP contribution in [-0.2, 0) is 16.5 Å². The minimum Gasteiger partial charge on any atom is -0.503 e. The number of hydrogen-bond acceptors (Lipinski definition) is 4. The van der Waals surface area contributed by atoms with E-state index in [2.05, 4.69) is 6.92 Å².